The fraction of sp³-hybridized carbons (Fsp3) is 0.333. The summed E-state index contributed by atoms with van der Waals surface area (Å²) in [5.74, 6) is -0.357. The van der Waals surface area contributed by atoms with E-state index in [0.29, 0.717) is 12.3 Å². The molecule has 1 aromatic carbocycles. The van der Waals surface area contributed by atoms with Crippen molar-refractivity contribution in [3.8, 4) is 0 Å². The van der Waals surface area contributed by atoms with Crippen molar-refractivity contribution in [1.29, 1.82) is 0 Å². The van der Waals surface area contributed by atoms with Crippen molar-refractivity contribution in [2.75, 3.05) is 6.61 Å². The van der Waals surface area contributed by atoms with Crippen molar-refractivity contribution >= 4 is 16.8 Å². The molecule has 0 aliphatic carbocycles. The topological polar surface area (TPSA) is 60.5 Å². The van der Waals surface area contributed by atoms with Gasteiger partial charge in [-0.15, -0.1) is 0 Å². The highest BCUT2D eigenvalue weighted by molar-refractivity contribution is 5.94. The van der Waals surface area contributed by atoms with Crippen LogP contribution in [0.3, 0.4) is 0 Å². The summed E-state index contributed by atoms with van der Waals surface area (Å²) in [6.07, 6.45) is 2.54. The van der Waals surface area contributed by atoms with Gasteiger partial charge in [0.1, 0.15) is 5.69 Å². The molecule has 5 nitrogen and oxygen atoms in total. The number of carbonyl (C=O) groups excluding carboxylic acids is 1. The number of hydroxylamine groups is 1. The van der Waals surface area contributed by atoms with Crippen LogP contribution in [0.1, 0.15) is 29.8 Å². The second-order valence-corrected chi connectivity index (χ2v) is 4.73. The molecular formula is C15H16N2O3. The zero-order valence-corrected chi connectivity index (χ0v) is 11.0. The molecule has 104 valence electrons. The molecule has 0 radical (unpaired) electrons. The van der Waals surface area contributed by atoms with Crippen LogP contribution < -0.4 is 5.48 Å². The Hall–Kier alpha value is -1.98. The van der Waals surface area contributed by atoms with Gasteiger partial charge in [-0.2, -0.15) is 0 Å². The summed E-state index contributed by atoms with van der Waals surface area (Å²) in [6.45, 7) is 0.675. The molecule has 1 amide bonds. The Balaban J connectivity index is 1.65. The quantitative estimate of drug-likeness (QED) is 0.872. The standard InChI is InChI=1S/C15H16N2O3/c18-15(17-20-14-7-3-4-10-19-14)13-9-8-11-5-1-2-6-12(11)16-13/h1-2,5-6,8-9,14H,3-4,7,10H2,(H,17,18)/t14-/m0/s1. The highest BCUT2D eigenvalue weighted by Crippen LogP contribution is 2.14. The summed E-state index contributed by atoms with van der Waals surface area (Å²) in [7, 11) is 0. The van der Waals surface area contributed by atoms with Crippen LogP contribution in [0.25, 0.3) is 10.9 Å². The highest BCUT2D eigenvalue weighted by Gasteiger charge is 2.16. The van der Waals surface area contributed by atoms with Crippen LogP contribution in [0.15, 0.2) is 36.4 Å². The van der Waals surface area contributed by atoms with Crippen LogP contribution in [0, 0.1) is 0 Å². The van der Waals surface area contributed by atoms with Crippen LogP contribution in [0.2, 0.25) is 0 Å². The van der Waals surface area contributed by atoms with Crippen LogP contribution in [-0.2, 0) is 9.57 Å². The van der Waals surface area contributed by atoms with Gasteiger partial charge >= 0.3 is 0 Å². The number of hydrogen-bond donors (Lipinski definition) is 1. The fourth-order valence-corrected chi connectivity index (χ4v) is 2.17. The van der Waals surface area contributed by atoms with Gasteiger partial charge in [-0.3, -0.25) is 4.79 Å². The lowest BCUT2D eigenvalue weighted by atomic mass is 10.2. The molecular weight excluding hydrogens is 256 g/mol. The molecule has 5 heteroatoms. The van der Waals surface area contributed by atoms with Crippen LogP contribution >= 0.6 is 0 Å². The first-order chi connectivity index (χ1) is 9.83. The minimum Gasteiger partial charge on any atom is -0.350 e. The van der Waals surface area contributed by atoms with Crippen LogP contribution in [-0.4, -0.2) is 23.8 Å². The first-order valence-electron chi connectivity index (χ1n) is 6.76. The number of benzene rings is 1. The molecule has 1 N–H and O–H groups in total. The molecule has 1 aromatic heterocycles. The zero-order chi connectivity index (χ0) is 13.8. The van der Waals surface area contributed by atoms with E-state index in [-0.39, 0.29) is 12.2 Å². The number of nitrogens with one attached hydrogen (secondary N) is 1. The Morgan fingerprint density at radius 2 is 2.15 bits per heavy atom. The minimum atomic E-state index is -0.357. The lowest BCUT2D eigenvalue weighted by Crippen LogP contribution is -2.33. The second-order valence-electron chi connectivity index (χ2n) is 4.73. The highest BCUT2D eigenvalue weighted by atomic mass is 16.8. The number of amides is 1. The van der Waals surface area contributed by atoms with E-state index in [1.807, 2.05) is 30.3 Å². The SMILES string of the molecule is O=C(NO[C@H]1CCCCO1)c1ccc2ccccc2n1. The molecule has 3 rings (SSSR count). The molecule has 1 aliphatic rings. The van der Waals surface area contributed by atoms with Crippen molar-refractivity contribution in [3.63, 3.8) is 0 Å². The fourth-order valence-electron chi connectivity index (χ4n) is 2.17. The number of hydrogen-bond acceptors (Lipinski definition) is 4. The van der Waals surface area contributed by atoms with E-state index in [1.165, 1.54) is 0 Å². The summed E-state index contributed by atoms with van der Waals surface area (Å²) in [6, 6.07) is 11.2. The van der Waals surface area contributed by atoms with Crippen molar-refractivity contribution < 1.29 is 14.4 Å². The van der Waals surface area contributed by atoms with E-state index in [2.05, 4.69) is 10.5 Å². The van der Waals surface area contributed by atoms with E-state index >= 15 is 0 Å². The predicted octanol–water partition coefficient (Wildman–Crippen LogP) is 2.42. The molecule has 1 fully saturated rings. The van der Waals surface area contributed by atoms with Gasteiger partial charge in [-0.05, 0) is 25.0 Å². The van der Waals surface area contributed by atoms with Gasteiger partial charge in [-0.25, -0.2) is 15.3 Å². The van der Waals surface area contributed by atoms with E-state index in [0.717, 1.165) is 30.2 Å². The maximum Gasteiger partial charge on any atom is 0.293 e. The molecule has 0 bridgehead atoms. The summed E-state index contributed by atoms with van der Waals surface area (Å²) < 4.78 is 5.38. The van der Waals surface area contributed by atoms with Gasteiger partial charge in [0.2, 0.25) is 0 Å². The average molecular weight is 272 g/mol. The van der Waals surface area contributed by atoms with Crippen molar-refractivity contribution in [1.82, 2.24) is 10.5 Å². The Kier molecular flexibility index (Phi) is 3.90. The smallest absolute Gasteiger partial charge is 0.293 e. The molecule has 20 heavy (non-hydrogen) atoms. The molecule has 2 heterocycles. The number of rotatable bonds is 3. The summed E-state index contributed by atoms with van der Waals surface area (Å²) in [5.41, 5.74) is 3.53. The van der Waals surface area contributed by atoms with E-state index in [4.69, 9.17) is 9.57 Å². The summed E-state index contributed by atoms with van der Waals surface area (Å²) in [4.78, 5) is 21.5. The number of fused-ring (bicyclic) bond motifs is 1. The summed E-state index contributed by atoms with van der Waals surface area (Å²) >= 11 is 0. The summed E-state index contributed by atoms with van der Waals surface area (Å²) in [5, 5.41) is 1.00. The lowest BCUT2D eigenvalue weighted by Gasteiger charge is -2.21. The number of nitrogens with zero attached hydrogens (tertiary/aromatic N) is 1. The molecule has 1 saturated heterocycles. The Labute approximate surface area is 116 Å². The zero-order valence-electron chi connectivity index (χ0n) is 11.0. The third kappa shape index (κ3) is 2.95. The molecule has 1 atom stereocenters. The second kappa shape index (κ2) is 5.98. The first-order valence-corrected chi connectivity index (χ1v) is 6.76. The Morgan fingerprint density at radius 1 is 1.25 bits per heavy atom. The van der Waals surface area contributed by atoms with Gasteiger partial charge < -0.3 is 4.74 Å². The van der Waals surface area contributed by atoms with Gasteiger partial charge in [0.15, 0.2) is 6.29 Å². The van der Waals surface area contributed by atoms with Gasteiger partial charge in [0.05, 0.1) is 5.52 Å². The molecule has 0 saturated carbocycles. The van der Waals surface area contributed by atoms with Crippen molar-refractivity contribution in [2.24, 2.45) is 0 Å². The van der Waals surface area contributed by atoms with Crippen LogP contribution in [0.4, 0.5) is 0 Å². The molecule has 0 unspecified atom stereocenters. The first kappa shape index (κ1) is 13.0. The number of pyridine rings is 1. The largest absolute Gasteiger partial charge is 0.350 e. The lowest BCUT2D eigenvalue weighted by molar-refractivity contribution is -0.186. The number of ether oxygens (including phenoxy) is 1. The molecule has 2 aromatic rings. The Morgan fingerprint density at radius 3 is 3.00 bits per heavy atom. The Bertz CT molecular complexity index is 609. The number of aromatic nitrogens is 1. The molecule has 0 spiro atoms. The van der Waals surface area contributed by atoms with Gasteiger partial charge in [0.25, 0.3) is 5.91 Å². The van der Waals surface area contributed by atoms with Gasteiger partial charge in [-0.1, -0.05) is 24.3 Å². The third-order valence-electron chi connectivity index (χ3n) is 3.25. The van der Waals surface area contributed by atoms with Gasteiger partial charge in [0, 0.05) is 18.4 Å². The maximum absolute atomic E-state index is 12.0. The monoisotopic (exact) mass is 272 g/mol. The van der Waals surface area contributed by atoms with E-state index in [1.54, 1.807) is 6.07 Å². The van der Waals surface area contributed by atoms with E-state index < -0.39 is 0 Å². The van der Waals surface area contributed by atoms with Crippen LogP contribution in [0.5, 0.6) is 0 Å². The van der Waals surface area contributed by atoms with Crippen molar-refractivity contribution in [3.05, 3.63) is 42.1 Å². The number of para-hydroxylation sites is 1. The minimum absolute atomic E-state index is 0.333. The van der Waals surface area contributed by atoms with Crippen molar-refractivity contribution in [2.45, 2.75) is 25.6 Å². The predicted molar refractivity (Wildman–Crippen MR) is 73.9 cm³/mol. The maximum atomic E-state index is 12.0. The third-order valence-corrected chi connectivity index (χ3v) is 3.25. The van der Waals surface area contributed by atoms with E-state index in [9.17, 15) is 4.79 Å². The average Bonchev–Trinajstić information content (AvgIpc) is 2.53. The normalized spacial score (nSPS) is 18.9. The number of carbonyl (C=O) groups is 1. The molecule has 1 aliphatic heterocycles.